The number of anilines is 2. The number of hydrogen-bond acceptors (Lipinski definition) is 9. The molecular weight excluding hydrogens is 917 g/mol. The Labute approximate surface area is 409 Å². The molecule has 5 atom stereocenters. The Kier molecular flexibility index (Phi) is 21.5. The maximum atomic E-state index is 13.7. The fraction of sp³-hybridized carbons (Fsp3) is 0.321. The summed E-state index contributed by atoms with van der Waals surface area (Å²) < 4.78 is 39.1. The van der Waals surface area contributed by atoms with Gasteiger partial charge < -0.3 is 35.4 Å². The maximum absolute atomic E-state index is 13.7. The molecule has 7 rings (SSSR count). The first-order valence-corrected chi connectivity index (χ1v) is 23.1. The molecule has 9 nitrogen and oxygen atoms in total. The first-order valence-electron chi connectivity index (χ1n) is 22.3. The van der Waals surface area contributed by atoms with E-state index in [2.05, 4.69) is 39.5 Å². The zero-order chi connectivity index (χ0) is 46.8. The number of phenols is 2. The lowest BCUT2D eigenvalue weighted by Gasteiger charge is -2.34. The number of phenolic OH excluding ortho intramolecular Hbond substituents is 2. The fourth-order valence-corrected chi connectivity index (χ4v) is 8.15. The third-order valence-corrected chi connectivity index (χ3v) is 12.2. The van der Waals surface area contributed by atoms with Gasteiger partial charge in [-0.05, 0) is 104 Å². The molecule has 1 heterocycles. The normalized spacial score (nSPS) is 15.4. The average molecular weight is 978 g/mol. The molecule has 14 heteroatoms. The number of rotatable bonds is 20. The lowest BCUT2D eigenvalue weighted by Crippen LogP contribution is -2.41. The number of aromatic hydroxyl groups is 2. The Morgan fingerprint density at radius 1 is 0.642 bits per heavy atom. The summed E-state index contributed by atoms with van der Waals surface area (Å²) in [5.74, 6) is -0.394. The molecular formula is C53H61Cl3F2N4O5. The van der Waals surface area contributed by atoms with Crippen molar-refractivity contribution in [3.05, 3.63) is 190 Å². The van der Waals surface area contributed by atoms with E-state index in [1.807, 2.05) is 55.5 Å². The summed E-state index contributed by atoms with van der Waals surface area (Å²) in [7, 11) is 0. The molecule has 1 fully saturated rings. The number of ether oxygens (including phenoxy) is 2. The summed E-state index contributed by atoms with van der Waals surface area (Å²) in [5.41, 5.74) is 5.52. The summed E-state index contributed by atoms with van der Waals surface area (Å²) in [6, 6.07) is 42.4. The Bertz CT molecular complexity index is 2350. The predicted octanol–water partition coefficient (Wildman–Crippen LogP) is 12.4. The van der Waals surface area contributed by atoms with Crippen LogP contribution in [-0.2, 0) is 22.6 Å². The minimum atomic E-state index is -0.301. The highest BCUT2D eigenvalue weighted by atomic mass is 35.5. The molecule has 1 saturated heterocycles. The van der Waals surface area contributed by atoms with Gasteiger partial charge in [-0.1, -0.05) is 108 Å². The van der Waals surface area contributed by atoms with Gasteiger partial charge in [0.1, 0.15) is 23.1 Å². The third kappa shape index (κ3) is 17.0. The molecule has 1 aliphatic rings. The molecule has 358 valence electrons. The van der Waals surface area contributed by atoms with Crippen molar-refractivity contribution in [3.63, 3.8) is 0 Å². The second-order valence-corrected chi connectivity index (χ2v) is 17.5. The van der Waals surface area contributed by atoms with Crippen LogP contribution < -0.4 is 10.6 Å². The van der Waals surface area contributed by atoms with Crippen molar-refractivity contribution in [3.8, 4) is 11.5 Å². The van der Waals surface area contributed by atoms with Crippen LogP contribution in [0.15, 0.2) is 146 Å². The van der Waals surface area contributed by atoms with E-state index in [1.165, 1.54) is 42.0 Å². The van der Waals surface area contributed by atoms with Crippen molar-refractivity contribution in [2.45, 2.75) is 76.7 Å². The van der Waals surface area contributed by atoms with Gasteiger partial charge in [-0.3, -0.25) is 9.80 Å². The summed E-state index contributed by atoms with van der Waals surface area (Å²) in [6.07, 6.45) is 2.98. The van der Waals surface area contributed by atoms with Gasteiger partial charge in [-0.25, -0.2) is 8.78 Å². The van der Waals surface area contributed by atoms with Crippen LogP contribution in [0.2, 0.25) is 10.0 Å². The minimum absolute atomic E-state index is 0. The number of aliphatic hydroxyl groups excluding tert-OH is 1. The molecule has 6 aromatic carbocycles. The SMILES string of the molecule is C[C@H](CO)N(Cc1ccccc1)C[C@H](Nc1ccc(O)cc1Cl)c1ccc(F)cc1.C[C@H](COC1CCCCO1)N(Cc1ccccc1)C[C@H](Nc1ccc(O)cc1Cl)c1ccc(F)cc1.Cl. The summed E-state index contributed by atoms with van der Waals surface area (Å²) in [4.78, 5) is 4.53. The second-order valence-electron chi connectivity index (χ2n) is 16.7. The molecule has 1 unspecified atom stereocenters. The van der Waals surface area contributed by atoms with Crippen LogP contribution in [0.5, 0.6) is 11.5 Å². The highest BCUT2D eigenvalue weighted by molar-refractivity contribution is 6.33. The monoisotopic (exact) mass is 976 g/mol. The quantitative estimate of drug-likeness (QED) is 0.0478. The van der Waals surface area contributed by atoms with E-state index >= 15 is 0 Å². The molecule has 0 aliphatic carbocycles. The number of aliphatic hydroxyl groups is 1. The van der Waals surface area contributed by atoms with Crippen LogP contribution in [0.3, 0.4) is 0 Å². The molecule has 6 aromatic rings. The summed E-state index contributed by atoms with van der Waals surface area (Å²) >= 11 is 12.7. The molecule has 0 bridgehead atoms. The highest BCUT2D eigenvalue weighted by Crippen LogP contribution is 2.32. The Morgan fingerprint density at radius 3 is 1.49 bits per heavy atom. The van der Waals surface area contributed by atoms with Gasteiger partial charge in [-0.15, -0.1) is 12.4 Å². The van der Waals surface area contributed by atoms with Crippen LogP contribution in [-0.4, -0.2) is 76.4 Å². The zero-order valence-electron chi connectivity index (χ0n) is 37.8. The van der Waals surface area contributed by atoms with Crippen molar-refractivity contribution in [2.24, 2.45) is 0 Å². The minimum Gasteiger partial charge on any atom is -0.508 e. The molecule has 67 heavy (non-hydrogen) atoms. The lowest BCUT2D eigenvalue weighted by molar-refractivity contribution is -0.170. The van der Waals surface area contributed by atoms with Gasteiger partial charge >= 0.3 is 0 Å². The average Bonchev–Trinajstić information content (AvgIpc) is 3.33. The zero-order valence-corrected chi connectivity index (χ0v) is 40.1. The molecule has 0 amide bonds. The number of nitrogens with one attached hydrogen (secondary N) is 2. The van der Waals surface area contributed by atoms with Crippen molar-refractivity contribution in [1.82, 2.24) is 9.80 Å². The first-order chi connectivity index (χ1) is 31.9. The molecule has 0 radical (unpaired) electrons. The fourth-order valence-electron chi connectivity index (χ4n) is 7.69. The van der Waals surface area contributed by atoms with Crippen LogP contribution in [0, 0.1) is 11.6 Å². The van der Waals surface area contributed by atoms with E-state index in [-0.39, 0.29) is 72.6 Å². The topological polar surface area (TPSA) is 110 Å². The Hall–Kier alpha value is -4.95. The standard InChI is InChI=1S/C29H34ClFN2O3.C24H26ClFN2O2.ClH/c1-21(20-36-29-9-5-6-16-35-29)33(18-22-7-3-2-4-8-22)19-28(23-10-12-24(31)13-11-23)32-27-15-14-25(34)17-26(27)30;1-17(16-29)28(14-18-5-3-2-4-6-18)15-24(19-7-9-20(26)10-8-19)27-23-12-11-21(30)13-22(23)25;/h2-4,7-8,10-15,17,21,28-29,32,34H,5-6,9,16,18-20H2,1H3;2-13,17,24,27,29-30H,14-16H2,1H3;1H/t21-,28+,29?;17-,24+;/m11./s1. The van der Waals surface area contributed by atoms with Crippen molar-refractivity contribution in [2.75, 3.05) is 43.5 Å². The number of benzene rings is 6. The Morgan fingerprint density at radius 2 is 1.09 bits per heavy atom. The van der Waals surface area contributed by atoms with Crippen LogP contribution in [0.1, 0.15) is 67.4 Å². The van der Waals surface area contributed by atoms with E-state index < -0.39 is 0 Å². The van der Waals surface area contributed by atoms with Gasteiger partial charge in [0, 0.05) is 57.0 Å². The summed E-state index contributed by atoms with van der Waals surface area (Å²) in [6.45, 7) is 7.98. The molecule has 5 N–H and O–H groups in total. The maximum Gasteiger partial charge on any atom is 0.157 e. The summed E-state index contributed by atoms with van der Waals surface area (Å²) in [5, 5.41) is 37.0. The second kappa shape index (κ2) is 27.1. The first kappa shape index (κ1) is 53.0. The van der Waals surface area contributed by atoms with E-state index in [0.29, 0.717) is 47.7 Å². The van der Waals surface area contributed by atoms with Crippen molar-refractivity contribution >= 4 is 47.0 Å². The molecule has 1 aliphatic heterocycles. The Balaban J connectivity index is 0.000000251. The van der Waals surface area contributed by atoms with Gasteiger partial charge in [-0.2, -0.15) is 0 Å². The van der Waals surface area contributed by atoms with Gasteiger partial charge in [0.25, 0.3) is 0 Å². The number of halogens is 5. The largest absolute Gasteiger partial charge is 0.508 e. The van der Waals surface area contributed by atoms with E-state index in [0.717, 1.165) is 49.1 Å². The highest BCUT2D eigenvalue weighted by Gasteiger charge is 2.25. The molecule has 0 aromatic heterocycles. The van der Waals surface area contributed by atoms with Crippen molar-refractivity contribution in [1.29, 1.82) is 0 Å². The third-order valence-electron chi connectivity index (χ3n) is 11.6. The van der Waals surface area contributed by atoms with E-state index in [9.17, 15) is 24.1 Å². The lowest BCUT2D eigenvalue weighted by atomic mass is 10.0. The van der Waals surface area contributed by atoms with Gasteiger partial charge in [0.05, 0.1) is 46.7 Å². The van der Waals surface area contributed by atoms with E-state index in [4.69, 9.17) is 32.7 Å². The van der Waals surface area contributed by atoms with Crippen LogP contribution in [0.4, 0.5) is 20.2 Å². The number of hydrogen-bond donors (Lipinski definition) is 5. The smallest absolute Gasteiger partial charge is 0.157 e. The van der Waals surface area contributed by atoms with Crippen LogP contribution in [0.25, 0.3) is 0 Å². The number of nitrogens with zero attached hydrogens (tertiary/aromatic N) is 2. The van der Waals surface area contributed by atoms with Gasteiger partial charge in [0.2, 0.25) is 0 Å². The molecule has 0 spiro atoms. The van der Waals surface area contributed by atoms with E-state index in [1.54, 1.807) is 48.5 Å². The van der Waals surface area contributed by atoms with Crippen molar-refractivity contribution < 1.29 is 33.6 Å². The molecule has 0 saturated carbocycles. The van der Waals surface area contributed by atoms with Crippen LogP contribution >= 0.6 is 35.6 Å². The predicted molar refractivity (Wildman–Crippen MR) is 268 cm³/mol. The van der Waals surface area contributed by atoms with Gasteiger partial charge in [0.15, 0.2) is 6.29 Å².